The first-order valence-corrected chi connectivity index (χ1v) is 8.87. The van der Waals surface area contributed by atoms with E-state index in [1.54, 1.807) is 10.7 Å². The minimum absolute atomic E-state index is 0.318. The highest BCUT2D eigenvalue weighted by atomic mass is 19.1. The molecule has 0 atom stereocenters. The highest BCUT2D eigenvalue weighted by Gasteiger charge is 2.19. The second-order valence-corrected chi connectivity index (χ2v) is 6.63. The molecule has 4 aromatic rings. The number of hydrogen-bond donors (Lipinski definition) is 1. The molecule has 0 bridgehead atoms. The number of nitrogens with zero attached hydrogens (tertiary/aromatic N) is 3. The SMILES string of the molecule is Cc1cccc(-n2nc(-c3cccn3C)cc2C(=O)Nc2ccc(F)cc2)c1. The number of carbonyl (C=O) groups excluding carboxylic acids is 1. The van der Waals surface area contributed by atoms with Crippen LogP contribution in [0.15, 0.2) is 72.9 Å². The maximum absolute atomic E-state index is 13.1. The van der Waals surface area contributed by atoms with Gasteiger partial charge in [0.15, 0.2) is 0 Å². The van der Waals surface area contributed by atoms with Gasteiger partial charge in [-0.25, -0.2) is 9.07 Å². The van der Waals surface area contributed by atoms with Gasteiger partial charge in [-0.1, -0.05) is 12.1 Å². The molecule has 1 N–H and O–H groups in total. The monoisotopic (exact) mass is 374 g/mol. The molecule has 1 amide bonds. The van der Waals surface area contributed by atoms with Crippen molar-refractivity contribution in [3.8, 4) is 17.1 Å². The first-order valence-electron chi connectivity index (χ1n) is 8.87. The number of aryl methyl sites for hydroxylation is 2. The lowest BCUT2D eigenvalue weighted by Crippen LogP contribution is -2.17. The molecule has 0 fully saturated rings. The normalized spacial score (nSPS) is 10.8. The van der Waals surface area contributed by atoms with Crippen LogP contribution >= 0.6 is 0 Å². The summed E-state index contributed by atoms with van der Waals surface area (Å²) in [6.45, 7) is 1.99. The van der Waals surface area contributed by atoms with Gasteiger partial charge < -0.3 is 9.88 Å². The zero-order chi connectivity index (χ0) is 19.7. The van der Waals surface area contributed by atoms with E-state index in [1.807, 2.05) is 61.1 Å². The minimum Gasteiger partial charge on any atom is -0.349 e. The predicted molar refractivity (Wildman–Crippen MR) is 107 cm³/mol. The molecule has 0 aliphatic carbocycles. The van der Waals surface area contributed by atoms with E-state index in [0.29, 0.717) is 17.1 Å². The Labute approximate surface area is 162 Å². The van der Waals surface area contributed by atoms with Gasteiger partial charge in [0, 0.05) is 18.9 Å². The summed E-state index contributed by atoms with van der Waals surface area (Å²) in [6, 6.07) is 19.1. The Kier molecular flexibility index (Phi) is 4.53. The van der Waals surface area contributed by atoms with Crippen molar-refractivity contribution in [1.82, 2.24) is 14.3 Å². The zero-order valence-corrected chi connectivity index (χ0v) is 15.6. The number of hydrogen-bond acceptors (Lipinski definition) is 2. The molecule has 6 heteroatoms. The first-order chi connectivity index (χ1) is 13.5. The molecule has 0 saturated carbocycles. The zero-order valence-electron chi connectivity index (χ0n) is 15.6. The lowest BCUT2D eigenvalue weighted by atomic mass is 10.2. The number of benzene rings is 2. The Morgan fingerprint density at radius 3 is 2.50 bits per heavy atom. The second kappa shape index (κ2) is 7.15. The number of anilines is 1. The molecule has 2 aromatic heterocycles. The molecule has 4 rings (SSSR count). The maximum atomic E-state index is 13.1. The summed E-state index contributed by atoms with van der Waals surface area (Å²) in [5.74, 6) is -0.671. The number of amides is 1. The van der Waals surface area contributed by atoms with Gasteiger partial charge in [-0.2, -0.15) is 5.10 Å². The van der Waals surface area contributed by atoms with E-state index in [-0.39, 0.29) is 11.7 Å². The van der Waals surface area contributed by atoms with Gasteiger partial charge in [-0.3, -0.25) is 4.79 Å². The largest absolute Gasteiger partial charge is 0.349 e. The van der Waals surface area contributed by atoms with E-state index in [0.717, 1.165) is 16.9 Å². The quantitative estimate of drug-likeness (QED) is 0.569. The molecule has 0 radical (unpaired) electrons. The van der Waals surface area contributed by atoms with Gasteiger partial charge in [-0.15, -0.1) is 0 Å². The Bertz CT molecular complexity index is 1140. The van der Waals surface area contributed by atoms with Gasteiger partial charge in [0.2, 0.25) is 0 Å². The Morgan fingerprint density at radius 1 is 1.04 bits per heavy atom. The Hall–Kier alpha value is -3.67. The van der Waals surface area contributed by atoms with Crippen LogP contribution in [0.4, 0.5) is 10.1 Å². The fourth-order valence-electron chi connectivity index (χ4n) is 3.08. The van der Waals surface area contributed by atoms with Crippen LogP contribution in [0.1, 0.15) is 16.1 Å². The molecule has 0 spiro atoms. The summed E-state index contributed by atoms with van der Waals surface area (Å²) in [6.07, 6.45) is 1.93. The summed E-state index contributed by atoms with van der Waals surface area (Å²) in [7, 11) is 1.93. The van der Waals surface area contributed by atoms with Crippen molar-refractivity contribution in [2.45, 2.75) is 6.92 Å². The van der Waals surface area contributed by atoms with Crippen LogP contribution in [0.25, 0.3) is 17.1 Å². The molecule has 2 heterocycles. The van der Waals surface area contributed by atoms with Crippen molar-refractivity contribution < 1.29 is 9.18 Å². The summed E-state index contributed by atoms with van der Waals surface area (Å²) in [4.78, 5) is 13.0. The first kappa shape index (κ1) is 17.7. The number of halogens is 1. The topological polar surface area (TPSA) is 51.9 Å². The lowest BCUT2D eigenvalue weighted by Gasteiger charge is -2.09. The van der Waals surface area contributed by atoms with Crippen LogP contribution in [-0.2, 0) is 7.05 Å². The highest BCUT2D eigenvalue weighted by molar-refractivity contribution is 6.04. The van der Waals surface area contributed by atoms with Crippen molar-refractivity contribution in [2.75, 3.05) is 5.32 Å². The van der Waals surface area contributed by atoms with E-state index in [9.17, 15) is 9.18 Å². The van der Waals surface area contributed by atoms with Gasteiger partial charge >= 0.3 is 0 Å². The third-order valence-corrected chi connectivity index (χ3v) is 4.50. The van der Waals surface area contributed by atoms with Crippen molar-refractivity contribution >= 4 is 11.6 Å². The number of carbonyl (C=O) groups is 1. The van der Waals surface area contributed by atoms with Crippen LogP contribution in [0.5, 0.6) is 0 Å². The van der Waals surface area contributed by atoms with Crippen LogP contribution in [-0.4, -0.2) is 20.3 Å². The molecular weight excluding hydrogens is 355 g/mol. The van der Waals surface area contributed by atoms with Crippen LogP contribution < -0.4 is 5.32 Å². The fourth-order valence-corrected chi connectivity index (χ4v) is 3.08. The van der Waals surface area contributed by atoms with E-state index >= 15 is 0 Å². The van der Waals surface area contributed by atoms with E-state index in [4.69, 9.17) is 0 Å². The molecule has 0 saturated heterocycles. The standard InChI is InChI=1S/C22H19FN4O/c1-15-5-3-6-18(13-15)27-21(14-19(25-27)20-7-4-12-26(20)2)22(28)24-17-10-8-16(23)9-11-17/h3-14H,1-2H3,(H,24,28). The van der Waals surface area contributed by atoms with Crippen molar-refractivity contribution in [3.05, 3.63) is 90.0 Å². The third-order valence-electron chi connectivity index (χ3n) is 4.50. The Morgan fingerprint density at radius 2 is 1.82 bits per heavy atom. The minimum atomic E-state index is -0.353. The highest BCUT2D eigenvalue weighted by Crippen LogP contribution is 2.23. The number of nitrogens with one attached hydrogen (secondary N) is 1. The number of rotatable bonds is 4. The fraction of sp³-hybridized carbons (Fsp3) is 0.0909. The van der Waals surface area contributed by atoms with Gasteiger partial charge in [0.25, 0.3) is 5.91 Å². The van der Waals surface area contributed by atoms with Crippen LogP contribution in [0, 0.1) is 12.7 Å². The van der Waals surface area contributed by atoms with Gasteiger partial charge in [0.1, 0.15) is 17.2 Å². The Balaban J connectivity index is 1.77. The molecule has 0 aliphatic rings. The average Bonchev–Trinajstić information content (AvgIpc) is 3.30. The van der Waals surface area contributed by atoms with E-state index < -0.39 is 0 Å². The molecular formula is C22H19FN4O. The molecule has 5 nitrogen and oxygen atoms in total. The smallest absolute Gasteiger partial charge is 0.274 e. The average molecular weight is 374 g/mol. The predicted octanol–water partition coefficient (Wildman–Crippen LogP) is 4.58. The molecule has 28 heavy (non-hydrogen) atoms. The number of aromatic nitrogens is 3. The van der Waals surface area contributed by atoms with Crippen molar-refractivity contribution in [1.29, 1.82) is 0 Å². The van der Waals surface area contributed by atoms with Gasteiger partial charge in [0.05, 0.1) is 11.4 Å². The summed E-state index contributed by atoms with van der Waals surface area (Å²) >= 11 is 0. The second-order valence-electron chi connectivity index (χ2n) is 6.63. The van der Waals surface area contributed by atoms with Crippen LogP contribution in [0.3, 0.4) is 0 Å². The van der Waals surface area contributed by atoms with Gasteiger partial charge in [-0.05, 0) is 67.1 Å². The van der Waals surface area contributed by atoms with Crippen molar-refractivity contribution in [3.63, 3.8) is 0 Å². The lowest BCUT2D eigenvalue weighted by molar-refractivity contribution is 0.101. The molecule has 0 unspecified atom stereocenters. The van der Waals surface area contributed by atoms with Crippen LogP contribution in [0.2, 0.25) is 0 Å². The summed E-state index contributed by atoms with van der Waals surface area (Å²) < 4.78 is 16.7. The molecule has 140 valence electrons. The summed E-state index contributed by atoms with van der Waals surface area (Å²) in [5, 5.41) is 7.49. The maximum Gasteiger partial charge on any atom is 0.274 e. The summed E-state index contributed by atoms with van der Waals surface area (Å²) in [5.41, 5.74) is 4.37. The third kappa shape index (κ3) is 3.44. The molecule has 2 aromatic carbocycles. The van der Waals surface area contributed by atoms with Crippen molar-refractivity contribution in [2.24, 2.45) is 7.05 Å². The molecule has 0 aliphatic heterocycles. The van der Waals surface area contributed by atoms with E-state index in [1.165, 1.54) is 24.3 Å². The van der Waals surface area contributed by atoms with E-state index in [2.05, 4.69) is 10.4 Å².